The van der Waals surface area contributed by atoms with E-state index < -0.39 is 0 Å². The van der Waals surface area contributed by atoms with Gasteiger partial charge in [-0.1, -0.05) is 0 Å². The van der Waals surface area contributed by atoms with Crippen molar-refractivity contribution < 1.29 is 9.53 Å². The number of carbonyl (C=O) groups excluding carboxylic acids is 1. The third kappa shape index (κ3) is 2.38. The minimum atomic E-state index is -0.0921. The van der Waals surface area contributed by atoms with Crippen molar-refractivity contribution in [3.8, 4) is 0 Å². The zero-order chi connectivity index (χ0) is 11.8. The van der Waals surface area contributed by atoms with Gasteiger partial charge in [-0.15, -0.1) is 0 Å². The number of carbonyl (C=O) groups is 1. The molecule has 2 aliphatic heterocycles. The van der Waals surface area contributed by atoms with Gasteiger partial charge in [0, 0.05) is 24.5 Å². The van der Waals surface area contributed by atoms with Gasteiger partial charge in [0.2, 0.25) is 5.91 Å². The lowest BCUT2D eigenvalue weighted by molar-refractivity contribution is -0.159. The minimum absolute atomic E-state index is 0.0921. The van der Waals surface area contributed by atoms with Crippen LogP contribution in [0.25, 0.3) is 0 Å². The smallest absolute Gasteiger partial charge is 0.249 e. The molecule has 2 rings (SSSR count). The molecule has 2 aliphatic rings. The van der Waals surface area contributed by atoms with E-state index in [2.05, 4.69) is 26.1 Å². The van der Waals surface area contributed by atoms with Crippen LogP contribution in [-0.2, 0) is 9.53 Å². The van der Waals surface area contributed by atoms with E-state index in [9.17, 15) is 4.79 Å². The molecule has 0 saturated carbocycles. The summed E-state index contributed by atoms with van der Waals surface area (Å²) in [6, 6.07) is 0. The van der Waals surface area contributed by atoms with E-state index in [1.807, 2.05) is 4.90 Å². The van der Waals surface area contributed by atoms with Crippen LogP contribution in [0.4, 0.5) is 0 Å². The zero-order valence-corrected chi connectivity index (χ0v) is 10.5. The summed E-state index contributed by atoms with van der Waals surface area (Å²) >= 11 is 0. The Labute approximate surface area is 97.3 Å². The summed E-state index contributed by atoms with van der Waals surface area (Å²) in [6.45, 7) is 9.35. The number of hydrogen-bond donors (Lipinski definition) is 1. The predicted molar refractivity (Wildman–Crippen MR) is 62.2 cm³/mol. The Morgan fingerprint density at radius 3 is 2.75 bits per heavy atom. The minimum Gasteiger partial charge on any atom is -0.366 e. The Morgan fingerprint density at radius 1 is 1.44 bits per heavy atom. The summed E-state index contributed by atoms with van der Waals surface area (Å²) in [7, 11) is 0. The van der Waals surface area contributed by atoms with E-state index in [1.165, 1.54) is 0 Å². The van der Waals surface area contributed by atoms with Crippen molar-refractivity contribution in [3.05, 3.63) is 0 Å². The Bertz CT molecular complexity index is 267. The number of ether oxygens (including phenoxy) is 1. The fourth-order valence-corrected chi connectivity index (χ4v) is 2.52. The molecule has 2 heterocycles. The monoisotopic (exact) mass is 226 g/mol. The number of nitrogens with zero attached hydrogens (tertiary/aromatic N) is 1. The van der Waals surface area contributed by atoms with Crippen molar-refractivity contribution in [2.75, 3.05) is 26.2 Å². The van der Waals surface area contributed by atoms with E-state index in [4.69, 9.17) is 4.74 Å². The highest BCUT2D eigenvalue weighted by molar-refractivity contribution is 5.78. The van der Waals surface area contributed by atoms with Crippen LogP contribution < -0.4 is 5.32 Å². The van der Waals surface area contributed by atoms with Gasteiger partial charge in [-0.3, -0.25) is 4.79 Å². The summed E-state index contributed by atoms with van der Waals surface area (Å²) in [5.74, 6) is 0.688. The summed E-state index contributed by atoms with van der Waals surface area (Å²) < 4.78 is 5.67. The van der Waals surface area contributed by atoms with Crippen LogP contribution in [-0.4, -0.2) is 48.7 Å². The summed E-state index contributed by atoms with van der Waals surface area (Å²) in [4.78, 5) is 13.7. The molecule has 0 radical (unpaired) electrons. The SMILES string of the molecule is CC(C)(C)N1CC(C2CCNC2)OCC1=O. The average Bonchev–Trinajstić information content (AvgIpc) is 2.69. The quantitative estimate of drug-likeness (QED) is 0.713. The van der Waals surface area contributed by atoms with Crippen molar-refractivity contribution in [1.82, 2.24) is 10.2 Å². The molecule has 1 N–H and O–H groups in total. The number of nitrogens with one attached hydrogen (secondary N) is 1. The number of hydrogen-bond acceptors (Lipinski definition) is 3. The molecular weight excluding hydrogens is 204 g/mol. The molecule has 0 spiro atoms. The number of amides is 1. The highest BCUT2D eigenvalue weighted by Gasteiger charge is 2.37. The molecule has 92 valence electrons. The van der Waals surface area contributed by atoms with Gasteiger partial charge >= 0.3 is 0 Å². The Morgan fingerprint density at radius 2 is 2.19 bits per heavy atom. The second kappa shape index (κ2) is 4.34. The van der Waals surface area contributed by atoms with E-state index in [0.717, 1.165) is 26.1 Å². The first-order valence-electron chi connectivity index (χ1n) is 6.11. The van der Waals surface area contributed by atoms with E-state index >= 15 is 0 Å². The molecule has 0 aliphatic carbocycles. The first kappa shape index (κ1) is 11.9. The molecule has 0 aromatic heterocycles. The molecule has 16 heavy (non-hydrogen) atoms. The fraction of sp³-hybridized carbons (Fsp3) is 0.917. The zero-order valence-electron chi connectivity index (χ0n) is 10.5. The second-order valence-electron chi connectivity index (χ2n) is 5.78. The molecule has 4 nitrogen and oxygen atoms in total. The first-order chi connectivity index (χ1) is 7.48. The molecule has 0 bridgehead atoms. The Kier molecular flexibility index (Phi) is 3.22. The van der Waals surface area contributed by atoms with Crippen LogP contribution in [0.2, 0.25) is 0 Å². The highest BCUT2D eigenvalue weighted by atomic mass is 16.5. The molecular formula is C12H22N2O2. The second-order valence-corrected chi connectivity index (χ2v) is 5.78. The van der Waals surface area contributed by atoms with Gasteiger partial charge in [-0.25, -0.2) is 0 Å². The molecule has 0 aromatic carbocycles. The van der Waals surface area contributed by atoms with E-state index in [1.54, 1.807) is 0 Å². The molecule has 0 aromatic rings. The van der Waals surface area contributed by atoms with Crippen molar-refractivity contribution in [1.29, 1.82) is 0 Å². The molecule has 2 atom stereocenters. The van der Waals surface area contributed by atoms with Crippen LogP contribution in [0.3, 0.4) is 0 Å². The van der Waals surface area contributed by atoms with E-state index in [0.29, 0.717) is 5.92 Å². The van der Waals surface area contributed by atoms with Crippen LogP contribution in [0, 0.1) is 5.92 Å². The summed E-state index contributed by atoms with van der Waals surface area (Å²) in [6.07, 6.45) is 1.38. The lowest BCUT2D eigenvalue weighted by Gasteiger charge is -2.42. The van der Waals surface area contributed by atoms with Crippen molar-refractivity contribution >= 4 is 5.91 Å². The van der Waals surface area contributed by atoms with Gasteiger partial charge in [0.25, 0.3) is 0 Å². The average molecular weight is 226 g/mol. The van der Waals surface area contributed by atoms with Crippen molar-refractivity contribution in [3.63, 3.8) is 0 Å². The normalized spacial score (nSPS) is 32.2. The van der Waals surface area contributed by atoms with Crippen LogP contribution in [0.1, 0.15) is 27.2 Å². The van der Waals surface area contributed by atoms with Crippen molar-refractivity contribution in [2.45, 2.75) is 38.8 Å². The van der Waals surface area contributed by atoms with Gasteiger partial charge in [-0.05, 0) is 33.7 Å². The number of rotatable bonds is 1. The van der Waals surface area contributed by atoms with Gasteiger partial charge in [0.05, 0.1) is 6.10 Å². The van der Waals surface area contributed by atoms with Crippen LogP contribution in [0.15, 0.2) is 0 Å². The lowest BCUT2D eigenvalue weighted by atomic mass is 9.97. The van der Waals surface area contributed by atoms with Crippen LogP contribution >= 0.6 is 0 Å². The van der Waals surface area contributed by atoms with Crippen LogP contribution in [0.5, 0.6) is 0 Å². The molecule has 1 amide bonds. The molecule has 2 unspecified atom stereocenters. The lowest BCUT2D eigenvalue weighted by Crippen LogP contribution is -2.56. The third-order valence-electron chi connectivity index (χ3n) is 3.52. The fourth-order valence-electron chi connectivity index (χ4n) is 2.52. The molecule has 4 heteroatoms. The summed E-state index contributed by atoms with van der Waals surface area (Å²) in [5.41, 5.74) is -0.0921. The van der Waals surface area contributed by atoms with Gasteiger partial charge < -0.3 is 15.0 Å². The van der Waals surface area contributed by atoms with Gasteiger partial charge in [0.15, 0.2) is 0 Å². The topological polar surface area (TPSA) is 41.6 Å². The van der Waals surface area contributed by atoms with Crippen molar-refractivity contribution in [2.24, 2.45) is 5.92 Å². The van der Waals surface area contributed by atoms with E-state index in [-0.39, 0.29) is 24.2 Å². The molecule has 2 saturated heterocycles. The maximum atomic E-state index is 11.8. The first-order valence-corrected chi connectivity index (χ1v) is 6.11. The predicted octanol–water partition coefficient (Wildman–Crippen LogP) is 0.622. The number of morpholine rings is 1. The molecule has 2 fully saturated rings. The standard InChI is InChI=1S/C12H22N2O2/c1-12(2,3)14-7-10(16-8-11(14)15)9-4-5-13-6-9/h9-10,13H,4-8H2,1-3H3. The largest absolute Gasteiger partial charge is 0.366 e. The van der Waals surface area contributed by atoms with Gasteiger partial charge in [-0.2, -0.15) is 0 Å². The maximum absolute atomic E-state index is 11.8. The Balaban J connectivity index is 2.01. The Hall–Kier alpha value is -0.610. The highest BCUT2D eigenvalue weighted by Crippen LogP contribution is 2.24. The summed E-state index contributed by atoms with van der Waals surface area (Å²) in [5, 5.41) is 3.35. The third-order valence-corrected chi connectivity index (χ3v) is 3.52. The maximum Gasteiger partial charge on any atom is 0.249 e. The van der Waals surface area contributed by atoms with Gasteiger partial charge in [0.1, 0.15) is 6.61 Å².